The van der Waals surface area contributed by atoms with Crippen LogP contribution >= 0.6 is 0 Å². The van der Waals surface area contributed by atoms with Gasteiger partial charge in [-0.2, -0.15) is 8.42 Å². The van der Waals surface area contributed by atoms with Crippen LogP contribution in [0.1, 0.15) is 19.3 Å². The molecule has 1 aromatic carbocycles. The van der Waals surface area contributed by atoms with Crippen LogP contribution in [0.2, 0.25) is 0 Å². The van der Waals surface area contributed by atoms with Crippen LogP contribution in [-0.2, 0) is 75.9 Å². The molecule has 1 aromatic rings. The van der Waals surface area contributed by atoms with Gasteiger partial charge in [0, 0.05) is 6.61 Å². The molecule has 1 aliphatic heterocycles. The first-order valence-electron chi connectivity index (χ1n) is 18.2. The average Bonchev–Trinajstić information content (AvgIpc) is 3.16. The Morgan fingerprint density at radius 2 is 0.769 bits per heavy atom. The van der Waals surface area contributed by atoms with Crippen LogP contribution in [0.4, 0.5) is 0 Å². The second-order valence-corrected chi connectivity index (χ2v) is 12.6. The third kappa shape index (κ3) is 29.0. The van der Waals surface area contributed by atoms with E-state index in [1.54, 1.807) is 18.2 Å². The highest BCUT2D eigenvalue weighted by atomic mass is 32.2. The summed E-state index contributed by atoms with van der Waals surface area (Å²) in [4.78, 5) is 0.119. The van der Waals surface area contributed by atoms with Gasteiger partial charge >= 0.3 is 0 Å². The second-order valence-electron chi connectivity index (χ2n) is 11.0. The van der Waals surface area contributed by atoms with Gasteiger partial charge in [0.2, 0.25) is 0 Å². The zero-order chi connectivity index (χ0) is 36.9. The second kappa shape index (κ2) is 35.3. The van der Waals surface area contributed by atoms with Gasteiger partial charge in [0.05, 0.1) is 163 Å². The summed E-state index contributed by atoms with van der Waals surface area (Å²) in [7, 11) is -3.76. The van der Waals surface area contributed by atoms with Gasteiger partial charge in [-0.15, -0.1) is 0 Å². The molecule has 1 saturated heterocycles. The van der Waals surface area contributed by atoms with E-state index in [4.69, 9.17) is 65.8 Å². The molecule has 1 atom stereocenters. The molecule has 304 valence electrons. The maximum atomic E-state index is 12.0. The average molecular weight is 771 g/mol. The fraction of sp³-hybridized carbons (Fsp3) is 0.829. The lowest BCUT2D eigenvalue weighted by Crippen LogP contribution is -2.24. The van der Waals surface area contributed by atoms with E-state index in [9.17, 15) is 8.42 Å². The van der Waals surface area contributed by atoms with E-state index < -0.39 is 10.1 Å². The molecule has 0 aliphatic carbocycles. The maximum Gasteiger partial charge on any atom is 0.297 e. The molecule has 0 N–H and O–H groups in total. The summed E-state index contributed by atoms with van der Waals surface area (Å²) < 4.78 is 100. The highest BCUT2D eigenvalue weighted by molar-refractivity contribution is 7.86. The Morgan fingerprint density at radius 3 is 1.10 bits per heavy atom. The third-order valence-corrected chi connectivity index (χ3v) is 8.21. The Hall–Kier alpha value is -1.39. The molecule has 1 fully saturated rings. The van der Waals surface area contributed by atoms with Crippen molar-refractivity contribution in [2.24, 2.45) is 0 Å². The highest BCUT2D eigenvalue weighted by Gasteiger charge is 2.14. The topological polar surface area (TPSA) is 163 Å². The normalized spacial score (nSPS) is 15.0. The van der Waals surface area contributed by atoms with Crippen molar-refractivity contribution in [3.8, 4) is 0 Å². The zero-order valence-electron chi connectivity index (χ0n) is 30.7. The van der Waals surface area contributed by atoms with Crippen LogP contribution in [-0.4, -0.2) is 180 Å². The van der Waals surface area contributed by atoms with Crippen LogP contribution in [0.5, 0.6) is 0 Å². The van der Waals surface area contributed by atoms with Crippen molar-refractivity contribution >= 4 is 10.1 Å². The molecule has 17 heteroatoms. The van der Waals surface area contributed by atoms with E-state index in [1.165, 1.54) is 12.1 Å². The van der Waals surface area contributed by atoms with Gasteiger partial charge in [0.15, 0.2) is 6.29 Å². The summed E-state index contributed by atoms with van der Waals surface area (Å²) in [5.74, 6) is 0. The smallest absolute Gasteiger partial charge is 0.297 e. The lowest BCUT2D eigenvalue weighted by atomic mass is 10.2. The summed E-state index contributed by atoms with van der Waals surface area (Å²) in [6, 6.07) is 7.98. The molecule has 0 spiro atoms. The summed E-state index contributed by atoms with van der Waals surface area (Å²) in [5, 5.41) is 0. The predicted octanol–water partition coefficient (Wildman–Crippen LogP) is 2.12. The van der Waals surface area contributed by atoms with Gasteiger partial charge in [-0.3, -0.25) is 4.18 Å². The molecule has 0 aromatic heterocycles. The van der Waals surface area contributed by atoms with Gasteiger partial charge in [0.1, 0.15) is 0 Å². The summed E-state index contributed by atoms with van der Waals surface area (Å²) in [6.07, 6.45) is 3.16. The Balaban J connectivity index is 1.14. The van der Waals surface area contributed by atoms with Crippen LogP contribution in [0, 0.1) is 0 Å². The van der Waals surface area contributed by atoms with E-state index in [1.807, 2.05) is 0 Å². The molecular formula is C35H62O16S. The minimum absolute atomic E-state index is 0.0601. The SMILES string of the molecule is O=S(=O)(OCCOCCOCCOCCOCCOCCOCCOCCOCCOCCOCCOCCOC1CCCCO1)c1ccccc1. The fourth-order valence-corrected chi connectivity index (χ4v) is 5.15. The Kier molecular flexibility index (Phi) is 31.8. The summed E-state index contributed by atoms with van der Waals surface area (Å²) in [5.41, 5.74) is 0. The first-order chi connectivity index (χ1) is 25.7. The maximum absolute atomic E-state index is 12.0. The van der Waals surface area contributed by atoms with Gasteiger partial charge < -0.3 is 61.6 Å². The molecule has 16 nitrogen and oxygen atoms in total. The van der Waals surface area contributed by atoms with Crippen LogP contribution in [0.15, 0.2) is 35.2 Å². The van der Waals surface area contributed by atoms with E-state index in [-0.39, 0.29) is 24.4 Å². The van der Waals surface area contributed by atoms with Crippen molar-refractivity contribution in [3.05, 3.63) is 30.3 Å². The zero-order valence-corrected chi connectivity index (χ0v) is 31.5. The first kappa shape index (κ1) is 46.8. The minimum atomic E-state index is -3.76. The third-order valence-electron chi connectivity index (χ3n) is 6.89. The quantitative estimate of drug-likeness (QED) is 0.0706. The van der Waals surface area contributed by atoms with Crippen molar-refractivity contribution in [1.82, 2.24) is 0 Å². The van der Waals surface area contributed by atoms with Gasteiger partial charge in [-0.05, 0) is 31.4 Å². The molecule has 1 aliphatic rings. The molecule has 0 radical (unpaired) electrons. The lowest BCUT2D eigenvalue weighted by Gasteiger charge is -2.22. The standard InChI is InChI=1S/C35H62O16S/c36-52(37,34-6-2-1-3-7-34)51-33-31-48-29-27-46-25-23-44-21-19-42-17-15-40-13-11-38-10-12-39-14-16-41-18-20-43-22-24-45-26-28-47-30-32-50-35-8-4-5-9-49-35/h1-3,6-7,35H,4-5,8-33H2. The molecule has 1 unspecified atom stereocenters. The molecule has 0 bridgehead atoms. The van der Waals surface area contributed by atoms with Gasteiger partial charge in [-0.25, -0.2) is 0 Å². The van der Waals surface area contributed by atoms with Crippen LogP contribution in [0.3, 0.4) is 0 Å². The summed E-state index contributed by atoms with van der Waals surface area (Å²) >= 11 is 0. The Labute approximate surface area is 309 Å². The van der Waals surface area contributed by atoms with Crippen molar-refractivity contribution in [1.29, 1.82) is 0 Å². The van der Waals surface area contributed by atoms with E-state index >= 15 is 0 Å². The van der Waals surface area contributed by atoms with Gasteiger partial charge in [0.25, 0.3) is 10.1 Å². The molecule has 52 heavy (non-hydrogen) atoms. The minimum Gasteiger partial charge on any atom is -0.377 e. The van der Waals surface area contributed by atoms with Crippen molar-refractivity contribution in [3.63, 3.8) is 0 Å². The summed E-state index contributed by atoms with van der Waals surface area (Å²) in [6.45, 7) is 11.4. The van der Waals surface area contributed by atoms with E-state index in [2.05, 4.69) is 0 Å². The van der Waals surface area contributed by atoms with E-state index in [0.717, 1.165) is 25.9 Å². The van der Waals surface area contributed by atoms with Crippen molar-refractivity contribution in [2.75, 3.05) is 165 Å². The largest absolute Gasteiger partial charge is 0.377 e. The molecular weight excluding hydrogens is 708 g/mol. The van der Waals surface area contributed by atoms with Crippen molar-refractivity contribution in [2.45, 2.75) is 30.4 Å². The monoisotopic (exact) mass is 770 g/mol. The Morgan fingerprint density at radius 1 is 0.442 bits per heavy atom. The van der Waals surface area contributed by atoms with Crippen molar-refractivity contribution < 1.29 is 74.2 Å². The molecule has 0 amide bonds. The molecule has 2 rings (SSSR count). The number of benzene rings is 1. The number of hydrogen-bond acceptors (Lipinski definition) is 16. The first-order valence-corrected chi connectivity index (χ1v) is 19.6. The predicted molar refractivity (Wildman–Crippen MR) is 188 cm³/mol. The number of ether oxygens (including phenoxy) is 13. The Bertz CT molecular complexity index is 984. The van der Waals surface area contributed by atoms with Crippen LogP contribution in [0.25, 0.3) is 0 Å². The highest BCUT2D eigenvalue weighted by Crippen LogP contribution is 2.13. The fourth-order valence-electron chi connectivity index (χ4n) is 4.24. The van der Waals surface area contributed by atoms with Gasteiger partial charge in [-0.1, -0.05) is 18.2 Å². The lowest BCUT2D eigenvalue weighted by molar-refractivity contribution is -0.169. The molecule has 0 saturated carbocycles. The number of rotatable bonds is 39. The molecule has 1 heterocycles. The number of hydrogen-bond donors (Lipinski definition) is 0. The van der Waals surface area contributed by atoms with E-state index in [0.29, 0.717) is 145 Å². The van der Waals surface area contributed by atoms with Crippen LogP contribution < -0.4 is 0 Å².